The molecule has 0 radical (unpaired) electrons. The van der Waals surface area contributed by atoms with E-state index < -0.39 is 0 Å². The van der Waals surface area contributed by atoms with Crippen molar-refractivity contribution in [2.45, 2.75) is 71.5 Å². The minimum atomic E-state index is -0.367. The third-order valence-corrected chi connectivity index (χ3v) is 4.95. The van der Waals surface area contributed by atoms with Gasteiger partial charge >= 0.3 is 0 Å². The summed E-state index contributed by atoms with van der Waals surface area (Å²) in [6, 6.07) is 0. The van der Waals surface area contributed by atoms with E-state index in [4.69, 9.17) is 10.5 Å². The Bertz CT molecular complexity index is 264. The van der Waals surface area contributed by atoms with Crippen molar-refractivity contribution in [2.24, 2.45) is 16.6 Å². The molecule has 0 aromatic carbocycles. The van der Waals surface area contributed by atoms with Gasteiger partial charge in [-0.1, -0.05) is 13.8 Å². The molecule has 0 aromatic heterocycles. The molecule has 0 amide bonds. The van der Waals surface area contributed by atoms with Crippen LogP contribution in [0.25, 0.3) is 0 Å². The first-order chi connectivity index (χ1) is 8.16. The molecule has 0 saturated heterocycles. The van der Waals surface area contributed by atoms with Crippen LogP contribution in [0.4, 0.5) is 0 Å². The van der Waals surface area contributed by atoms with Crippen molar-refractivity contribution in [1.29, 1.82) is 0 Å². The van der Waals surface area contributed by atoms with Gasteiger partial charge in [0.15, 0.2) is 0 Å². The summed E-state index contributed by atoms with van der Waals surface area (Å²) in [6.07, 6.45) is 4.63. The Hall–Kier alpha value is -0.120. The summed E-state index contributed by atoms with van der Waals surface area (Å²) in [5, 5.41) is 10.6. The molecule has 1 atom stereocenters. The third kappa shape index (κ3) is 3.69. The minimum Gasteiger partial charge on any atom is -0.392 e. The number of aliphatic hydroxyl groups excluding tert-OH is 1. The minimum absolute atomic E-state index is 0.106. The van der Waals surface area contributed by atoms with Crippen LogP contribution in [0, 0.1) is 10.8 Å². The van der Waals surface area contributed by atoms with E-state index in [1.165, 1.54) is 0 Å². The zero-order valence-corrected chi connectivity index (χ0v) is 12.8. The van der Waals surface area contributed by atoms with Crippen LogP contribution in [0.1, 0.15) is 59.8 Å². The molecule has 3 N–H and O–H groups in total. The van der Waals surface area contributed by atoms with Crippen LogP contribution in [0.2, 0.25) is 0 Å². The number of hydrogen-bond donors (Lipinski definition) is 2. The van der Waals surface area contributed by atoms with Crippen molar-refractivity contribution in [3.63, 3.8) is 0 Å². The molecule has 1 aliphatic carbocycles. The van der Waals surface area contributed by atoms with Gasteiger partial charge in [0.2, 0.25) is 0 Å². The fourth-order valence-electron chi connectivity index (χ4n) is 2.86. The lowest BCUT2D eigenvalue weighted by molar-refractivity contribution is -0.0793. The average Bonchev–Trinajstić information content (AvgIpc) is 2.29. The summed E-state index contributed by atoms with van der Waals surface area (Å²) in [5.74, 6) is 0. The maximum absolute atomic E-state index is 10.6. The lowest BCUT2D eigenvalue weighted by Crippen LogP contribution is -2.48. The first-order valence-electron chi connectivity index (χ1n) is 7.10. The molecular weight excluding hydrogens is 226 g/mol. The van der Waals surface area contributed by atoms with E-state index >= 15 is 0 Å². The Labute approximate surface area is 112 Å². The Balaban J connectivity index is 2.71. The maximum atomic E-state index is 10.6. The summed E-state index contributed by atoms with van der Waals surface area (Å²) in [6.45, 7) is 9.22. The lowest BCUT2D eigenvalue weighted by atomic mass is 9.61. The highest BCUT2D eigenvalue weighted by molar-refractivity contribution is 4.96. The summed E-state index contributed by atoms with van der Waals surface area (Å²) >= 11 is 0. The second kappa shape index (κ2) is 5.48. The van der Waals surface area contributed by atoms with E-state index in [2.05, 4.69) is 13.8 Å². The molecule has 0 spiro atoms. The zero-order chi connectivity index (χ0) is 14.0. The molecule has 1 rings (SSSR count). The molecule has 0 aliphatic heterocycles. The SMILES string of the molecule is COC(C)(C)CC(O)C1(CN)CCC(C)(C)CC1. The number of aliphatic hydroxyl groups is 1. The van der Waals surface area contributed by atoms with Crippen LogP contribution in [-0.2, 0) is 4.74 Å². The smallest absolute Gasteiger partial charge is 0.0647 e. The molecule has 1 saturated carbocycles. The van der Waals surface area contributed by atoms with Gasteiger partial charge in [-0.05, 0) is 44.9 Å². The topological polar surface area (TPSA) is 55.5 Å². The summed E-state index contributed by atoms with van der Waals surface area (Å²) in [4.78, 5) is 0. The molecule has 18 heavy (non-hydrogen) atoms. The summed E-state index contributed by atoms with van der Waals surface area (Å²) in [5.41, 5.74) is 6.00. The molecule has 0 aromatic rings. The predicted molar refractivity (Wildman–Crippen MR) is 75.4 cm³/mol. The fraction of sp³-hybridized carbons (Fsp3) is 1.00. The van der Waals surface area contributed by atoms with Crippen LogP contribution in [0.3, 0.4) is 0 Å². The number of ether oxygens (including phenoxy) is 1. The van der Waals surface area contributed by atoms with Gasteiger partial charge < -0.3 is 15.6 Å². The van der Waals surface area contributed by atoms with Crippen molar-refractivity contribution in [3.8, 4) is 0 Å². The van der Waals surface area contributed by atoms with E-state index in [0.29, 0.717) is 18.4 Å². The van der Waals surface area contributed by atoms with E-state index in [-0.39, 0.29) is 17.1 Å². The van der Waals surface area contributed by atoms with Gasteiger partial charge in [-0.25, -0.2) is 0 Å². The Kier molecular flexibility index (Phi) is 4.85. The molecule has 1 unspecified atom stereocenters. The van der Waals surface area contributed by atoms with E-state index in [1.54, 1.807) is 7.11 Å². The van der Waals surface area contributed by atoms with Crippen LogP contribution in [0.5, 0.6) is 0 Å². The molecule has 0 bridgehead atoms. The van der Waals surface area contributed by atoms with E-state index in [0.717, 1.165) is 25.7 Å². The van der Waals surface area contributed by atoms with Crippen LogP contribution in [-0.4, -0.2) is 30.5 Å². The molecule has 1 fully saturated rings. The predicted octanol–water partition coefficient (Wildman–Crippen LogP) is 2.71. The average molecular weight is 257 g/mol. The van der Waals surface area contributed by atoms with Crippen molar-refractivity contribution < 1.29 is 9.84 Å². The Morgan fingerprint density at radius 1 is 1.22 bits per heavy atom. The monoisotopic (exact) mass is 257 g/mol. The molecule has 0 heterocycles. The van der Waals surface area contributed by atoms with Crippen LogP contribution < -0.4 is 5.73 Å². The molecule has 3 heteroatoms. The highest BCUT2D eigenvalue weighted by Crippen LogP contribution is 2.47. The van der Waals surface area contributed by atoms with Gasteiger partial charge in [0.1, 0.15) is 0 Å². The second-order valence-corrected chi connectivity index (χ2v) is 7.41. The van der Waals surface area contributed by atoms with Crippen molar-refractivity contribution in [3.05, 3.63) is 0 Å². The maximum Gasteiger partial charge on any atom is 0.0647 e. The van der Waals surface area contributed by atoms with Crippen molar-refractivity contribution >= 4 is 0 Å². The summed E-state index contributed by atoms with van der Waals surface area (Å²) in [7, 11) is 1.70. The first-order valence-corrected chi connectivity index (χ1v) is 7.10. The number of rotatable bonds is 5. The first kappa shape index (κ1) is 15.9. The van der Waals surface area contributed by atoms with Crippen LogP contribution in [0.15, 0.2) is 0 Å². The van der Waals surface area contributed by atoms with Gasteiger partial charge in [0.05, 0.1) is 11.7 Å². The Morgan fingerprint density at radius 3 is 2.11 bits per heavy atom. The normalized spacial score (nSPS) is 24.8. The van der Waals surface area contributed by atoms with Gasteiger partial charge in [-0.3, -0.25) is 0 Å². The van der Waals surface area contributed by atoms with Crippen molar-refractivity contribution in [2.75, 3.05) is 13.7 Å². The number of methoxy groups -OCH3 is 1. The van der Waals surface area contributed by atoms with Crippen LogP contribution >= 0.6 is 0 Å². The molecule has 108 valence electrons. The van der Waals surface area contributed by atoms with Gasteiger partial charge in [-0.2, -0.15) is 0 Å². The highest BCUT2D eigenvalue weighted by Gasteiger charge is 2.43. The number of nitrogens with two attached hydrogens (primary N) is 1. The van der Waals surface area contributed by atoms with E-state index in [1.807, 2.05) is 13.8 Å². The van der Waals surface area contributed by atoms with Crippen molar-refractivity contribution in [1.82, 2.24) is 0 Å². The standard InChI is InChI=1S/C15H31NO2/c1-13(2)6-8-15(11-16,9-7-13)12(17)10-14(3,4)18-5/h12,17H,6-11,16H2,1-5H3. The third-order valence-electron chi connectivity index (χ3n) is 4.95. The Morgan fingerprint density at radius 2 is 1.72 bits per heavy atom. The summed E-state index contributed by atoms with van der Waals surface area (Å²) < 4.78 is 5.43. The zero-order valence-electron chi connectivity index (χ0n) is 12.8. The van der Waals surface area contributed by atoms with Gasteiger partial charge in [0.25, 0.3) is 0 Å². The van der Waals surface area contributed by atoms with Gasteiger partial charge in [0, 0.05) is 25.5 Å². The second-order valence-electron chi connectivity index (χ2n) is 7.41. The fourth-order valence-corrected chi connectivity index (χ4v) is 2.86. The van der Waals surface area contributed by atoms with E-state index in [9.17, 15) is 5.11 Å². The highest BCUT2D eigenvalue weighted by atomic mass is 16.5. The van der Waals surface area contributed by atoms with Gasteiger partial charge in [-0.15, -0.1) is 0 Å². The number of hydrogen-bond acceptors (Lipinski definition) is 3. The quantitative estimate of drug-likeness (QED) is 0.796. The molecule has 1 aliphatic rings. The molecule has 3 nitrogen and oxygen atoms in total. The lowest BCUT2D eigenvalue weighted by Gasteiger charge is -2.47. The largest absolute Gasteiger partial charge is 0.392 e. The molecular formula is C15H31NO2.